The smallest absolute Gasteiger partial charge is 0.243 e. The first kappa shape index (κ1) is 21.6. The minimum atomic E-state index is -3.54. The Morgan fingerprint density at radius 1 is 0.857 bits per heavy atom. The Kier molecular flexibility index (Phi) is 6.96. The Bertz CT molecular complexity index is 957. The fraction of sp³-hybridized carbons (Fsp3) is 0.333. The summed E-state index contributed by atoms with van der Waals surface area (Å²) in [4.78, 5) is 24.3. The van der Waals surface area contributed by atoms with E-state index < -0.39 is 15.7 Å². The van der Waals surface area contributed by atoms with Crippen molar-refractivity contribution in [2.45, 2.75) is 39.0 Å². The van der Waals surface area contributed by atoms with E-state index in [0.717, 1.165) is 27.9 Å². The van der Waals surface area contributed by atoms with Crippen molar-refractivity contribution in [3.63, 3.8) is 0 Å². The molecular formula is C21H26N2O4S. The van der Waals surface area contributed by atoms with Crippen molar-refractivity contribution in [1.82, 2.24) is 5.32 Å². The van der Waals surface area contributed by atoms with Crippen LogP contribution in [0.25, 0.3) is 0 Å². The largest absolute Gasteiger partial charge is 0.347 e. The van der Waals surface area contributed by atoms with Crippen LogP contribution in [0.3, 0.4) is 0 Å². The molecule has 2 amide bonds. The monoisotopic (exact) mass is 402 g/mol. The Hall–Kier alpha value is -2.67. The van der Waals surface area contributed by atoms with Crippen molar-refractivity contribution in [3.8, 4) is 0 Å². The molecule has 2 N–H and O–H groups in total. The highest BCUT2D eigenvalue weighted by atomic mass is 32.2. The van der Waals surface area contributed by atoms with Gasteiger partial charge in [-0.2, -0.15) is 0 Å². The van der Waals surface area contributed by atoms with Crippen molar-refractivity contribution in [3.05, 3.63) is 58.7 Å². The number of carbonyl (C=O) groups is 2. The van der Waals surface area contributed by atoms with Gasteiger partial charge in [-0.25, -0.2) is 8.42 Å². The summed E-state index contributed by atoms with van der Waals surface area (Å²) in [6, 6.07) is 10.4. The van der Waals surface area contributed by atoms with Crippen LogP contribution in [0, 0.1) is 27.7 Å². The van der Waals surface area contributed by atoms with E-state index in [2.05, 4.69) is 10.6 Å². The molecule has 0 atom stereocenters. The maximum Gasteiger partial charge on any atom is 0.243 e. The molecule has 0 radical (unpaired) electrons. The summed E-state index contributed by atoms with van der Waals surface area (Å²) >= 11 is 0. The van der Waals surface area contributed by atoms with E-state index in [-0.39, 0.29) is 29.5 Å². The van der Waals surface area contributed by atoms with E-state index in [1.165, 1.54) is 12.1 Å². The molecule has 0 aliphatic heterocycles. The first-order chi connectivity index (χ1) is 13.1. The first-order valence-electron chi connectivity index (χ1n) is 9.02. The lowest BCUT2D eigenvalue weighted by Gasteiger charge is -2.13. The molecule has 6 nitrogen and oxygen atoms in total. The summed E-state index contributed by atoms with van der Waals surface area (Å²) in [6.07, 6.45) is -0.202. The highest BCUT2D eigenvalue weighted by Crippen LogP contribution is 2.21. The summed E-state index contributed by atoms with van der Waals surface area (Å²) in [7, 11) is -3.54. The molecule has 0 fully saturated rings. The second kappa shape index (κ2) is 9.01. The molecule has 7 heteroatoms. The topological polar surface area (TPSA) is 92.3 Å². The Morgan fingerprint density at radius 3 is 2.00 bits per heavy atom. The first-order valence-corrected chi connectivity index (χ1v) is 10.7. The standard InChI is InChI=1S/C21H26N2O4S/c1-14-5-7-18(8-6-14)28(26,27)10-9-19(24)22-13-20(25)23-21-16(3)11-15(2)12-17(21)4/h5-8,11-12H,9-10,13H2,1-4H3,(H,22,24)(H,23,25). The molecule has 0 unspecified atom stereocenters. The Labute approximate surface area is 166 Å². The van der Waals surface area contributed by atoms with Gasteiger partial charge in [-0.15, -0.1) is 0 Å². The van der Waals surface area contributed by atoms with Gasteiger partial charge in [0.15, 0.2) is 9.84 Å². The normalized spacial score (nSPS) is 11.1. The van der Waals surface area contributed by atoms with Gasteiger partial charge in [0.2, 0.25) is 11.8 Å². The molecule has 0 aliphatic carbocycles. The van der Waals surface area contributed by atoms with Gasteiger partial charge in [0.05, 0.1) is 17.2 Å². The van der Waals surface area contributed by atoms with Gasteiger partial charge in [-0.3, -0.25) is 9.59 Å². The molecule has 2 aromatic rings. The number of nitrogens with one attached hydrogen (secondary N) is 2. The van der Waals surface area contributed by atoms with Crippen LogP contribution in [0.4, 0.5) is 5.69 Å². The van der Waals surface area contributed by atoms with Crippen molar-refractivity contribution >= 4 is 27.3 Å². The fourth-order valence-corrected chi connectivity index (χ4v) is 4.16. The van der Waals surface area contributed by atoms with Gasteiger partial charge in [0.25, 0.3) is 0 Å². The molecule has 2 rings (SSSR count). The van der Waals surface area contributed by atoms with Gasteiger partial charge in [-0.05, 0) is 51.0 Å². The molecule has 0 spiro atoms. The van der Waals surface area contributed by atoms with E-state index in [0.29, 0.717) is 0 Å². The minimum Gasteiger partial charge on any atom is -0.347 e. The molecule has 2 aromatic carbocycles. The van der Waals surface area contributed by atoms with Crippen LogP contribution < -0.4 is 10.6 Å². The lowest BCUT2D eigenvalue weighted by Crippen LogP contribution is -2.34. The number of hydrogen-bond acceptors (Lipinski definition) is 4. The van der Waals surface area contributed by atoms with Crippen LogP contribution >= 0.6 is 0 Å². The van der Waals surface area contributed by atoms with Crippen molar-refractivity contribution in [2.24, 2.45) is 0 Å². The summed E-state index contributed by atoms with van der Waals surface area (Å²) < 4.78 is 24.5. The number of sulfone groups is 1. The zero-order valence-electron chi connectivity index (χ0n) is 16.6. The van der Waals surface area contributed by atoms with Crippen LogP contribution in [0.15, 0.2) is 41.3 Å². The molecule has 28 heavy (non-hydrogen) atoms. The highest BCUT2D eigenvalue weighted by molar-refractivity contribution is 7.91. The average molecular weight is 403 g/mol. The third kappa shape index (κ3) is 5.92. The number of anilines is 1. The van der Waals surface area contributed by atoms with Crippen LogP contribution in [-0.4, -0.2) is 32.5 Å². The lowest BCUT2D eigenvalue weighted by molar-refractivity contribution is -0.123. The third-order valence-corrected chi connectivity index (χ3v) is 6.10. The number of carbonyl (C=O) groups excluding carboxylic acids is 2. The van der Waals surface area contributed by atoms with Crippen LogP contribution in [0.2, 0.25) is 0 Å². The molecule has 0 saturated heterocycles. The summed E-state index contributed by atoms with van der Waals surface area (Å²) in [6.45, 7) is 7.45. The van der Waals surface area contributed by atoms with Crippen LogP contribution in [-0.2, 0) is 19.4 Å². The molecule has 0 saturated carbocycles. The molecule has 0 aliphatic rings. The maximum atomic E-state index is 12.3. The summed E-state index contributed by atoms with van der Waals surface area (Å²) in [5.74, 6) is -1.15. The number of rotatable bonds is 7. The van der Waals surface area contributed by atoms with Gasteiger partial charge in [-0.1, -0.05) is 35.4 Å². The van der Waals surface area contributed by atoms with Crippen LogP contribution in [0.5, 0.6) is 0 Å². The number of benzene rings is 2. The Morgan fingerprint density at radius 2 is 1.43 bits per heavy atom. The summed E-state index contributed by atoms with van der Waals surface area (Å²) in [5.41, 5.74) is 4.69. The van der Waals surface area contributed by atoms with E-state index in [4.69, 9.17) is 0 Å². The predicted molar refractivity (Wildman–Crippen MR) is 110 cm³/mol. The zero-order valence-corrected chi connectivity index (χ0v) is 17.4. The maximum absolute atomic E-state index is 12.3. The Balaban J connectivity index is 1.85. The summed E-state index contributed by atoms with van der Waals surface area (Å²) in [5, 5.41) is 5.26. The van der Waals surface area contributed by atoms with Crippen molar-refractivity contribution < 1.29 is 18.0 Å². The molecular weight excluding hydrogens is 376 g/mol. The quantitative estimate of drug-likeness (QED) is 0.745. The fourth-order valence-electron chi connectivity index (χ4n) is 2.92. The lowest BCUT2D eigenvalue weighted by atomic mass is 10.1. The number of hydrogen-bond donors (Lipinski definition) is 2. The molecule has 0 aromatic heterocycles. The van der Waals surface area contributed by atoms with Gasteiger partial charge in [0.1, 0.15) is 0 Å². The van der Waals surface area contributed by atoms with E-state index in [1.54, 1.807) is 12.1 Å². The van der Waals surface area contributed by atoms with Crippen molar-refractivity contribution in [2.75, 3.05) is 17.6 Å². The van der Waals surface area contributed by atoms with E-state index in [1.807, 2.05) is 39.8 Å². The predicted octanol–water partition coefficient (Wildman–Crippen LogP) is 2.84. The van der Waals surface area contributed by atoms with E-state index >= 15 is 0 Å². The number of aryl methyl sites for hydroxylation is 4. The molecule has 150 valence electrons. The van der Waals surface area contributed by atoms with Crippen LogP contribution in [0.1, 0.15) is 28.7 Å². The second-order valence-corrected chi connectivity index (χ2v) is 9.09. The molecule has 0 heterocycles. The highest BCUT2D eigenvalue weighted by Gasteiger charge is 2.17. The third-order valence-electron chi connectivity index (χ3n) is 4.37. The number of amides is 2. The van der Waals surface area contributed by atoms with Gasteiger partial charge in [0, 0.05) is 12.1 Å². The zero-order chi connectivity index (χ0) is 20.9. The van der Waals surface area contributed by atoms with Gasteiger partial charge >= 0.3 is 0 Å². The van der Waals surface area contributed by atoms with Gasteiger partial charge < -0.3 is 10.6 Å². The van der Waals surface area contributed by atoms with E-state index in [9.17, 15) is 18.0 Å². The average Bonchev–Trinajstić information content (AvgIpc) is 2.61. The molecule has 0 bridgehead atoms. The second-order valence-electron chi connectivity index (χ2n) is 6.98. The SMILES string of the molecule is Cc1ccc(S(=O)(=O)CCC(=O)NCC(=O)Nc2c(C)cc(C)cc2C)cc1. The minimum absolute atomic E-state index is 0.189. The van der Waals surface area contributed by atoms with Crippen molar-refractivity contribution in [1.29, 1.82) is 0 Å².